The molecule has 0 saturated heterocycles. The predicted octanol–water partition coefficient (Wildman–Crippen LogP) is 2.06. The molecule has 2 nitrogen and oxygen atoms in total. The molecule has 0 aliphatic carbocycles. The summed E-state index contributed by atoms with van der Waals surface area (Å²) in [4.78, 5) is 6.36. The number of hydrogen-bond donors (Lipinski definition) is 1. The molecule has 1 heterocycles. The summed E-state index contributed by atoms with van der Waals surface area (Å²) in [6.07, 6.45) is 0. The molecule has 0 aliphatic heterocycles. The number of aliphatic hydroxyl groups is 1. The van der Waals surface area contributed by atoms with Crippen LogP contribution in [0.3, 0.4) is 0 Å². The number of aromatic nitrogens is 1. The third-order valence-corrected chi connectivity index (χ3v) is 4.31. The Morgan fingerprint density at radius 1 is 1.29 bits per heavy atom. The molecule has 2 aromatic rings. The molecule has 0 radical (unpaired) electrons. The second kappa shape index (κ2) is 4.41. The van der Waals surface area contributed by atoms with Crippen molar-refractivity contribution in [2.24, 2.45) is 0 Å². The van der Waals surface area contributed by atoms with E-state index in [0.29, 0.717) is 0 Å². The van der Waals surface area contributed by atoms with E-state index < -0.39 is 0 Å². The van der Waals surface area contributed by atoms with Gasteiger partial charge in [-0.3, -0.25) is 0 Å². The quantitative estimate of drug-likeness (QED) is 0.860. The molecule has 72 valence electrons. The van der Waals surface area contributed by atoms with E-state index in [1.165, 1.54) is 0 Å². The first-order valence-electron chi connectivity index (χ1n) is 4.11. The first-order chi connectivity index (χ1) is 6.79. The van der Waals surface area contributed by atoms with Gasteiger partial charge in [-0.15, -0.1) is 0 Å². The molecule has 0 bridgehead atoms. The van der Waals surface area contributed by atoms with E-state index in [4.69, 9.17) is 5.11 Å². The standard InChI is InChI=1S/C10H8BrNOSe/c11-8-3-1-7(2-4-8)10-12-9(5-13)6-14-10/h1-4,6,13H,5H2. The average molecular weight is 317 g/mol. The van der Waals surface area contributed by atoms with Gasteiger partial charge >= 0.3 is 96.6 Å². The number of benzene rings is 1. The van der Waals surface area contributed by atoms with Crippen molar-refractivity contribution in [3.05, 3.63) is 39.4 Å². The van der Waals surface area contributed by atoms with Gasteiger partial charge in [0.1, 0.15) is 0 Å². The molecule has 0 unspecified atom stereocenters. The Balaban J connectivity index is 2.34. The van der Waals surface area contributed by atoms with Gasteiger partial charge in [0.15, 0.2) is 0 Å². The van der Waals surface area contributed by atoms with Crippen LogP contribution in [-0.4, -0.2) is 24.6 Å². The van der Waals surface area contributed by atoms with Crippen LogP contribution in [0.4, 0.5) is 0 Å². The zero-order chi connectivity index (χ0) is 9.97. The second-order valence-corrected chi connectivity index (χ2v) is 5.53. The zero-order valence-electron chi connectivity index (χ0n) is 7.27. The molecule has 0 fully saturated rings. The van der Waals surface area contributed by atoms with Crippen LogP contribution in [0, 0.1) is 0 Å². The average Bonchev–Trinajstić information content (AvgIpc) is 2.67. The molecule has 0 atom stereocenters. The van der Waals surface area contributed by atoms with Crippen molar-refractivity contribution in [3.8, 4) is 10.1 Å². The van der Waals surface area contributed by atoms with Crippen molar-refractivity contribution in [3.63, 3.8) is 0 Å². The summed E-state index contributed by atoms with van der Waals surface area (Å²) in [5.74, 6) is 0. The van der Waals surface area contributed by atoms with E-state index in [1.54, 1.807) is 0 Å². The van der Waals surface area contributed by atoms with Crippen LogP contribution in [0.1, 0.15) is 5.69 Å². The van der Waals surface area contributed by atoms with Crippen LogP contribution in [-0.2, 0) is 6.61 Å². The summed E-state index contributed by atoms with van der Waals surface area (Å²) < 4.78 is 2.16. The van der Waals surface area contributed by atoms with Crippen LogP contribution in [0.15, 0.2) is 33.7 Å². The van der Waals surface area contributed by atoms with Gasteiger partial charge in [0.2, 0.25) is 0 Å². The van der Waals surface area contributed by atoms with E-state index in [1.807, 2.05) is 29.2 Å². The molecule has 1 aromatic carbocycles. The number of halogens is 1. The minimum atomic E-state index is 0.0434. The summed E-state index contributed by atoms with van der Waals surface area (Å²) in [5, 5.41) is 8.90. The van der Waals surface area contributed by atoms with Gasteiger partial charge < -0.3 is 0 Å². The van der Waals surface area contributed by atoms with Gasteiger partial charge in [-0.25, -0.2) is 0 Å². The van der Waals surface area contributed by atoms with Crippen LogP contribution in [0.25, 0.3) is 10.1 Å². The van der Waals surface area contributed by atoms with E-state index in [0.717, 1.165) is 20.3 Å². The maximum absolute atomic E-state index is 8.90. The van der Waals surface area contributed by atoms with Crippen molar-refractivity contribution in [1.82, 2.24) is 4.98 Å². The second-order valence-electron chi connectivity index (χ2n) is 2.81. The Kier molecular flexibility index (Phi) is 3.18. The predicted molar refractivity (Wildman–Crippen MR) is 60.2 cm³/mol. The van der Waals surface area contributed by atoms with Crippen LogP contribution < -0.4 is 0 Å². The topological polar surface area (TPSA) is 33.1 Å². The summed E-state index contributed by atoms with van der Waals surface area (Å²) in [7, 11) is 0. The SMILES string of the molecule is OCc1c[se]c(-c2ccc(Br)cc2)n1. The maximum atomic E-state index is 8.90. The summed E-state index contributed by atoms with van der Waals surface area (Å²) in [5.41, 5.74) is 1.94. The van der Waals surface area contributed by atoms with E-state index >= 15 is 0 Å². The van der Waals surface area contributed by atoms with Gasteiger partial charge in [0, 0.05) is 0 Å². The van der Waals surface area contributed by atoms with Gasteiger partial charge in [0.25, 0.3) is 0 Å². The van der Waals surface area contributed by atoms with Crippen LogP contribution in [0.5, 0.6) is 0 Å². The number of hydrogen-bond acceptors (Lipinski definition) is 2. The van der Waals surface area contributed by atoms with Gasteiger partial charge in [-0.1, -0.05) is 0 Å². The summed E-state index contributed by atoms with van der Waals surface area (Å²) in [6.45, 7) is 0.0434. The van der Waals surface area contributed by atoms with E-state index in [9.17, 15) is 0 Å². The van der Waals surface area contributed by atoms with E-state index in [2.05, 4.69) is 20.9 Å². The third-order valence-electron chi connectivity index (χ3n) is 1.80. The fourth-order valence-electron chi connectivity index (χ4n) is 1.10. The van der Waals surface area contributed by atoms with Crippen molar-refractivity contribution >= 4 is 30.4 Å². The molecule has 2 rings (SSSR count). The van der Waals surface area contributed by atoms with Crippen molar-refractivity contribution < 1.29 is 5.11 Å². The Labute approximate surface area is 96.5 Å². The Bertz CT molecular complexity index is 424. The molecule has 0 aliphatic rings. The fourth-order valence-corrected chi connectivity index (χ4v) is 3.08. The Morgan fingerprint density at radius 2 is 2.00 bits per heavy atom. The van der Waals surface area contributed by atoms with Crippen molar-refractivity contribution in [1.29, 1.82) is 0 Å². The van der Waals surface area contributed by atoms with E-state index in [-0.39, 0.29) is 21.1 Å². The molecule has 1 N–H and O–H groups in total. The molecular formula is C10H8BrNOSe. The van der Waals surface area contributed by atoms with Gasteiger partial charge in [-0.2, -0.15) is 0 Å². The first kappa shape index (κ1) is 10.1. The number of rotatable bonds is 2. The van der Waals surface area contributed by atoms with Crippen molar-refractivity contribution in [2.45, 2.75) is 6.61 Å². The third kappa shape index (κ3) is 2.15. The molecule has 0 amide bonds. The molecule has 0 spiro atoms. The zero-order valence-corrected chi connectivity index (χ0v) is 10.6. The minimum absolute atomic E-state index is 0.0434. The van der Waals surface area contributed by atoms with Crippen LogP contribution >= 0.6 is 15.9 Å². The van der Waals surface area contributed by atoms with Crippen LogP contribution in [0.2, 0.25) is 0 Å². The Morgan fingerprint density at radius 3 is 2.57 bits per heavy atom. The van der Waals surface area contributed by atoms with Gasteiger partial charge in [0.05, 0.1) is 0 Å². The molecule has 1 aromatic heterocycles. The van der Waals surface area contributed by atoms with Gasteiger partial charge in [-0.05, 0) is 0 Å². The molecule has 0 saturated carbocycles. The normalized spacial score (nSPS) is 10.4. The summed E-state index contributed by atoms with van der Waals surface area (Å²) >= 11 is 3.66. The first-order valence-corrected chi connectivity index (χ1v) is 6.74. The monoisotopic (exact) mass is 317 g/mol. The molecular weight excluding hydrogens is 309 g/mol. The molecule has 4 heteroatoms. The number of aliphatic hydroxyl groups excluding tert-OH is 1. The van der Waals surface area contributed by atoms with Crippen molar-refractivity contribution in [2.75, 3.05) is 0 Å². The fraction of sp³-hybridized carbons (Fsp3) is 0.100. The number of nitrogens with zero attached hydrogens (tertiary/aromatic N) is 1. The summed E-state index contributed by atoms with van der Waals surface area (Å²) in [6, 6.07) is 8.09. The molecule has 14 heavy (non-hydrogen) atoms. The Hall–Kier alpha value is -0.411.